The fourth-order valence-corrected chi connectivity index (χ4v) is 2.77. The molecule has 0 aliphatic rings. The Morgan fingerprint density at radius 3 is 2.25 bits per heavy atom. The number of nitrogens with zero attached hydrogens (tertiary/aromatic N) is 1. The highest BCUT2D eigenvalue weighted by molar-refractivity contribution is 6.11. The predicted molar refractivity (Wildman–Crippen MR) is 117 cm³/mol. The molecule has 3 rings (SSSR count). The van der Waals surface area contributed by atoms with Crippen molar-refractivity contribution in [1.82, 2.24) is 5.32 Å². The lowest BCUT2D eigenvalue weighted by Crippen LogP contribution is -2.30. The number of carboxylic acids is 1. The van der Waals surface area contributed by atoms with Crippen molar-refractivity contribution in [2.45, 2.75) is 0 Å². The SMILES string of the molecule is O=C(Nc1cccc(C(=O)O)c1)C(=Cc1cccc([N+](=O)[O-])c1)NC(=O)c1ccccc1. The summed E-state index contributed by atoms with van der Waals surface area (Å²) >= 11 is 0. The highest BCUT2D eigenvalue weighted by Crippen LogP contribution is 2.17. The first kappa shape index (κ1) is 21.9. The van der Waals surface area contributed by atoms with E-state index in [4.69, 9.17) is 5.11 Å². The topological polar surface area (TPSA) is 139 Å². The van der Waals surface area contributed by atoms with Crippen LogP contribution in [-0.4, -0.2) is 27.8 Å². The van der Waals surface area contributed by atoms with Crippen molar-refractivity contribution < 1.29 is 24.4 Å². The Morgan fingerprint density at radius 2 is 1.56 bits per heavy atom. The number of nitrogens with one attached hydrogen (secondary N) is 2. The Labute approximate surface area is 182 Å². The second-order valence-corrected chi connectivity index (χ2v) is 6.57. The summed E-state index contributed by atoms with van der Waals surface area (Å²) in [5, 5.41) is 25.2. The van der Waals surface area contributed by atoms with Crippen LogP contribution in [0.5, 0.6) is 0 Å². The van der Waals surface area contributed by atoms with Gasteiger partial charge < -0.3 is 15.7 Å². The van der Waals surface area contributed by atoms with Gasteiger partial charge in [0.25, 0.3) is 17.5 Å². The Bertz CT molecular complexity index is 1220. The summed E-state index contributed by atoms with van der Waals surface area (Å²) in [5.41, 5.74) is 0.436. The summed E-state index contributed by atoms with van der Waals surface area (Å²) in [7, 11) is 0. The van der Waals surface area contributed by atoms with Crippen molar-refractivity contribution in [1.29, 1.82) is 0 Å². The number of anilines is 1. The summed E-state index contributed by atoms with van der Waals surface area (Å²) in [6.07, 6.45) is 1.30. The van der Waals surface area contributed by atoms with Gasteiger partial charge in [0.05, 0.1) is 10.5 Å². The van der Waals surface area contributed by atoms with Gasteiger partial charge in [-0.2, -0.15) is 0 Å². The number of hydrogen-bond donors (Lipinski definition) is 3. The van der Waals surface area contributed by atoms with Crippen molar-refractivity contribution >= 4 is 35.2 Å². The summed E-state index contributed by atoms with van der Waals surface area (Å²) in [4.78, 5) is 47.2. The zero-order valence-corrected chi connectivity index (χ0v) is 16.5. The lowest BCUT2D eigenvalue weighted by molar-refractivity contribution is -0.384. The number of carbonyl (C=O) groups is 3. The molecule has 0 bridgehead atoms. The number of rotatable bonds is 7. The smallest absolute Gasteiger partial charge is 0.335 e. The minimum absolute atomic E-state index is 0.0275. The van der Waals surface area contributed by atoms with Gasteiger partial charge in [-0.3, -0.25) is 19.7 Å². The lowest BCUT2D eigenvalue weighted by Gasteiger charge is -2.12. The van der Waals surface area contributed by atoms with E-state index in [1.807, 2.05) is 0 Å². The van der Waals surface area contributed by atoms with E-state index in [1.165, 1.54) is 48.5 Å². The van der Waals surface area contributed by atoms with Gasteiger partial charge in [-0.05, 0) is 42.0 Å². The predicted octanol–water partition coefficient (Wildman–Crippen LogP) is 3.70. The van der Waals surface area contributed by atoms with E-state index in [2.05, 4.69) is 10.6 Å². The van der Waals surface area contributed by atoms with Gasteiger partial charge in [-0.1, -0.05) is 36.4 Å². The molecule has 0 unspecified atom stereocenters. The minimum atomic E-state index is -1.16. The van der Waals surface area contributed by atoms with Gasteiger partial charge in [0.15, 0.2) is 0 Å². The first-order valence-corrected chi connectivity index (χ1v) is 9.31. The minimum Gasteiger partial charge on any atom is -0.478 e. The average molecular weight is 431 g/mol. The second-order valence-electron chi connectivity index (χ2n) is 6.57. The Balaban J connectivity index is 1.94. The molecule has 0 aliphatic heterocycles. The molecule has 160 valence electrons. The lowest BCUT2D eigenvalue weighted by atomic mass is 10.1. The van der Waals surface area contributed by atoms with Crippen molar-refractivity contribution in [2.75, 3.05) is 5.32 Å². The van der Waals surface area contributed by atoms with Crippen LogP contribution in [0.15, 0.2) is 84.6 Å². The number of carbonyl (C=O) groups excluding carboxylic acids is 2. The molecule has 9 heteroatoms. The monoisotopic (exact) mass is 431 g/mol. The normalized spacial score (nSPS) is 10.8. The molecule has 0 heterocycles. The molecule has 2 amide bonds. The highest BCUT2D eigenvalue weighted by atomic mass is 16.6. The molecule has 3 aromatic carbocycles. The van der Waals surface area contributed by atoms with Crippen LogP contribution in [0.25, 0.3) is 6.08 Å². The number of nitro groups is 1. The Hall–Kier alpha value is -4.79. The number of non-ortho nitro benzene ring substituents is 1. The van der Waals surface area contributed by atoms with E-state index < -0.39 is 22.7 Å². The standard InChI is InChI=1S/C23H17N3O6/c27-21(16-7-2-1-3-8-16)25-20(13-15-6-4-11-19(12-15)26(31)32)22(28)24-18-10-5-9-17(14-18)23(29)30/h1-14H,(H,24,28)(H,25,27)(H,29,30). The maximum absolute atomic E-state index is 12.9. The quantitative estimate of drug-likeness (QED) is 0.296. The molecule has 3 aromatic rings. The third kappa shape index (κ3) is 5.63. The van der Waals surface area contributed by atoms with Crippen LogP contribution in [0, 0.1) is 10.1 Å². The molecular formula is C23H17N3O6. The van der Waals surface area contributed by atoms with Crippen molar-refractivity contribution in [2.24, 2.45) is 0 Å². The van der Waals surface area contributed by atoms with E-state index >= 15 is 0 Å². The fourth-order valence-electron chi connectivity index (χ4n) is 2.77. The summed E-state index contributed by atoms with van der Waals surface area (Å²) in [6.45, 7) is 0. The summed E-state index contributed by atoms with van der Waals surface area (Å²) in [5.74, 6) is -2.45. The van der Waals surface area contributed by atoms with E-state index in [0.717, 1.165) is 0 Å². The molecule has 0 spiro atoms. The molecular weight excluding hydrogens is 414 g/mol. The molecule has 3 N–H and O–H groups in total. The van der Waals surface area contributed by atoms with Gasteiger partial charge in [0.1, 0.15) is 5.70 Å². The van der Waals surface area contributed by atoms with Crippen LogP contribution in [0.1, 0.15) is 26.3 Å². The summed E-state index contributed by atoms with van der Waals surface area (Å²) in [6, 6.07) is 19.3. The number of carboxylic acid groups (broad SMARTS) is 1. The van der Waals surface area contributed by atoms with Gasteiger partial charge >= 0.3 is 5.97 Å². The average Bonchev–Trinajstić information content (AvgIpc) is 2.79. The van der Waals surface area contributed by atoms with Gasteiger partial charge in [-0.25, -0.2) is 4.79 Å². The van der Waals surface area contributed by atoms with E-state index in [9.17, 15) is 24.5 Å². The number of hydrogen-bond acceptors (Lipinski definition) is 5. The zero-order valence-electron chi connectivity index (χ0n) is 16.5. The number of benzene rings is 3. The maximum Gasteiger partial charge on any atom is 0.335 e. The number of amides is 2. The first-order valence-electron chi connectivity index (χ1n) is 9.31. The van der Waals surface area contributed by atoms with Crippen LogP contribution in [0.4, 0.5) is 11.4 Å². The molecule has 0 fully saturated rings. The largest absolute Gasteiger partial charge is 0.478 e. The second kappa shape index (κ2) is 9.81. The molecule has 0 saturated heterocycles. The van der Waals surface area contributed by atoms with Crippen LogP contribution in [0.3, 0.4) is 0 Å². The molecule has 0 aliphatic carbocycles. The Morgan fingerprint density at radius 1 is 0.875 bits per heavy atom. The number of aromatic carboxylic acids is 1. The van der Waals surface area contributed by atoms with E-state index in [0.29, 0.717) is 11.1 Å². The van der Waals surface area contributed by atoms with Crippen molar-refractivity contribution in [3.63, 3.8) is 0 Å². The van der Waals surface area contributed by atoms with Crippen molar-refractivity contribution in [3.8, 4) is 0 Å². The van der Waals surface area contributed by atoms with Gasteiger partial charge in [-0.15, -0.1) is 0 Å². The highest BCUT2D eigenvalue weighted by Gasteiger charge is 2.16. The molecule has 0 aromatic heterocycles. The van der Waals surface area contributed by atoms with Crippen molar-refractivity contribution in [3.05, 3.63) is 111 Å². The van der Waals surface area contributed by atoms with Crippen LogP contribution in [0.2, 0.25) is 0 Å². The van der Waals surface area contributed by atoms with Crippen LogP contribution >= 0.6 is 0 Å². The third-order valence-electron chi connectivity index (χ3n) is 4.29. The molecule has 0 saturated carbocycles. The zero-order chi connectivity index (χ0) is 23.1. The van der Waals surface area contributed by atoms with E-state index in [-0.39, 0.29) is 22.6 Å². The molecule has 0 radical (unpaired) electrons. The van der Waals surface area contributed by atoms with Gasteiger partial charge in [0.2, 0.25) is 0 Å². The Kier molecular flexibility index (Phi) is 6.72. The van der Waals surface area contributed by atoms with E-state index in [1.54, 1.807) is 36.4 Å². The number of nitro benzene ring substituents is 1. The summed E-state index contributed by atoms with van der Waals surface area (Å²) < 4.78 is 0. The van der Waals surface area contributed by atoms with Crippen LogP contribution < -0.4 is 10.6 Å². The fraction of sp³-hybridized carbons (Fsp3) is 0. The molecule has 0 atom stereocenters. The molecule has 32 heavy (non-hydrogen) atoms. The van der Waals surface area contributed by atoms with Gasteiger partial charge in [0, 0.05) is 23.4 Å². The maximum atomic E-state index is 12.9. The van der Waals surface area contributed by atoms with Crippen LogP contribution in [-0.2, 0) is 4.79 Å². The third-order valence-corrected chi connectivity index (χ3v) is 4.29. The first-order chi connectivity index (χ1) is 15.3. The molecule has 9 nitrogen and oxygen atoms in total.